The molecule has 0 aromatic rings. The van der Waals surface area contributed by atoms with Gasteiger partial charge in [-0.1, -0.05) is 20.8 Å². The minimum Gasteiger partial charge on any atom is -0.353 e. The molecule has 3 fully saturated rings. The van der Waals surface area contributed by atoms with Crippen molar-refractivity contribution in [1.29, 1.82) is 0 Å². The number of fused-ring (bicyclic) bond motifs is 1. The lowest BCUT2D eigenvalue weighted by atomic mass is 9.92. The van der Waals surface area contributed by atoms with Gasteiger partial charge in [-0.05, 0) is 43.9 Å². The number of amides is 2. The molecule has 2 amide bonds. The first-order valence-electron chi connectivity index (χ1n) is 8.44. The van der Waals surface area contributed by atoms with Gasteiger partial charge in [0.15, 0.2) is 0 Å². The predicted octanol–water partition coefficient (Wildman–Crippen LogP) is 2.19. The highest BCUT2D eigenvalue weighted by Crippen LogP contribution is 2.54. The number of hydrogen-bond acceptors (Lipinski definition) is 2. The zero-order valence-electron chi connectivity index (χ0n) is 13.5. The van der Waals surface area contributed by atoms with E-state index in [0.717, 1.165) is 50.6 Å². The Hall–Kier alpha value is -1.06. The van der Waals surface area contributed by atoms with Gasteiger partial charge >= 0.3 is 0 Å². The molecule has 2 unspecified atom stereocenters. The second-order valence-electron chi connectivity index (χ2n) is 8.25. The number of carbonyl (C=O) groups excluding carboxylic acids is 2. The summed E-state index contributed by atoms with van der Waals surface area (Å²) in [7, 11) is 0. The smallest absolute Gasteiger partial charge is 0.227 e. The van der Waals surface area contributed by atoms with E-state index in [1.165, 1.54) is 6.42 Å². The molecule has 0 aromatic carbocycles. The van der Waals surface area contributed by atoms with E-state index in [9.17, 15) is 9.59 Å². The zero-order chi connectivity index (χ0) is 15.2. The molecule has 4 nitrogen and oxygen atoms in total. The molecule has 118 valence electrons. The van der Waals surface area contributed by atoms with E-state index in [-0.39, 0.29) is 29.2 Å². The quantitative estimate of drug-likeness (QED) is 0.848. The third-order valence-electron chi connectivity index (χ3n) is 5.38. The summed E-state index contributed by atoms with van der Waals surface area (Å²) in [5, 5.41) is 3.22. The molecule has 0 bridgehead atoms. The Kier molecular flexibility index (Phi) is 3.74. The lowest BCUT2D eigenvalue weighted by Gasteiger charge is -2.36. The van der Waals surface area contributed by atoms with Gasteiger partial charge in [-0.3, -0.25) is 9.59 Å². The van der Waals surface area contributed by atoms with Gasteiger partial charge in [-0.2, -0.15) is 0 Å². The van der Waals surface area contributed by atoms with Crippen LogP contribution in [-0.2, 0) is 9.59 Å². The maximum absolute atomic E-state index is 12.3. The van der Waals surface area contributed by atoms with Crippen molar-refractivity contribution in [1.82, 2.24) is 10.2 Å². The first kappa shape index (κ1) is 14.9. The monoisotopic (exact) mass is 292 g/mol. The molecule has 1 aliphatic heterocycles. The summed E-state index contributed by atoms with van der Waals surface area (Å²) in [5.74, 6) is 2.47. The average molecular weight is 292 g/mol. The molecule has 2 aliphatic carbocycles. The number of rotatable bonds is 2. The molecule has 2 atom stereocenters. The molecule has 0 radical (unpaired) electrons. The molecular formula is C17H28N2O2. The van der Waals surface area contributed by atoms with E-state index in [1.54, 1.807) is 0 Å². The van der Waals surface area contributed by atoms with Crippen molar-refractivity contribution in [3.8, 4) is 0 Å². The predicted molar refractivity (Wildman–Crippen MR) is 81.5 cm³/mol. The van der Waals surface area contributed by atoms with Gasteiger partial charge in [0.1, 0.15) is 0 Å². The minimum atomic E-state index is -0.305. The van der Waals surface area contributed by atoms with Gasteiger partial charge in [-0.15, -0.1) is 0 Å². The minimum absolute atomic E-state index is 0.225. The molecule has 2 saturated carbocycles. The fraction of sp³-hybridized carbons (Fsp3) is 0.882. The van der Waals surface area contributed by atoms with Crippen LogP contribution in [-0.4, -0.2) is 35.8 Å². The van der Waals surface area contributed by atoms with Crippen LogP contribution < -0.4 is 5.32 Å². The number of nitrogens with zero attached hydrogens (tertiary/aromatic N) is 1. The third-order valence-corrected chi connectivity index (χ3v) is 5.38. The molecule has 3 aliphatic rings. The van der Waals surface area contributed by atoms with Gasteiger partial charge in [0.2, 0.25) is 11.8 Å². The van der Waals surface area contributed by atoms with Crippen molar-refractivity contribution < 1.29 is 9.59 Å². The van der Waals surface area contributed by atoms with E-state index in [1.807, 2.05) is 25.7 Å². The fourth-order valence-corrected chi connectivity index (χ4v) is 3.95. The number of nitrogens with one attached hydrogen (secondary N) is 1. The van der Waals surface area contributed by atoms with Crippen molar-refractivity contribution in [2.75, 3.05) is 13.1 Å². The van der Waals surface area contributed by atoms with Crippen LogP contribution in [0.5, 0.6) is 0 Å². The number of hydrogen-bond donors (Lipinski definition) is 1. The summed E-state index contributed by atoms with van der Waals surface area (Å²) in [6.45, 7) is 7.45. The van der Waals surface area contributed by atoms with E-state index < -0.39 is 0 Å². The lowest BCUT2D eigenvalue weighted by molar-refractivity contribution is -0.140. The summed E-state index contributed by atoms with van der Waals surface area (Å²) >= 11 is 0. The summed E-state index contributed by atoms with van der Waals surface area (Å²) in [5.41, 5.74) is -0.305. The van der Waals surface area contributed by atoms with Gasteiger partial charge in [0, 0.05) is 30.5 Å². The topological polar surface area (TPSA) is 49.4 Å². The van der Waals surface area contributed by atoms with E-state index >= 15 is 0 Å². The highest BCUT2D eigenvalue weighted by atomic mass is 16.2. The SMILES string of the molecule is CC(C)(C)C(=O)N1CCC(NC(=O)C2CC3CC3C2)CC1. The highest BCUT2D eigenvalue weighted by molar-refractivity contribution is 5.82. The Balaban J connectivity index is 1.43. The molecule has 1 saturated heterocycles. The van der Waals surface area contributed by atoms with Gasteiger partial charge in [-0.25, -0.2) is 0 Å². The number of likely N-dealkylation sites (tertiary alicyclic amines) is 1. The van der Waals surface area contributed by atoms with Crippen LogP contribution in [0.25, 0.3) is 0 Å². The largest absolute Gasteiger partial charge is 0.353 e. The third kappa shape index (κ3) is 3.24. The number of carbonyl (C=O) groups is 2. The van der Waals surface area contributed by atoms with E-state index in [2.05, 4.69) is 5.32 Å². The first-order valence-corrected chi connectivity index (χ1v) is 8.44. The molecule has 1 heterocycles. The van der Waals surface area contributed by atoms with E-state index in [4.69, 9.17) is 0 Å². The van der Waals surface area contributed by atoms with Crippen molar-refractivity contribution in [2.45, 2.75) is 58.9 Å². The number of piperidine rings is 1. The molecule has 3 rings (SSSR count). The van der Waals surface area contributed by atoms with Crippen LogP contribution in [0.15, 0.2) is 0 Å². The Labute approximate surface area is 127 Å². The Morgan fingerprint density at radius 2 is 1.57 bits per heavy atom. The Bertz CT molecular complexity index is 423. The van der Waals surface area contributed by atoms with Crippen molar-refractivity contribution >= 4 is 11.8 Å². The van der Waals surface area contributed by atoms with Gasteiger partial charge in [0.25, 0.3) is 0 Å². The fourth-order valence-electron chi connectivity index (χ4n) is 3.95. The van der Waals surface area contributed by atoms with E-state index in [0.29, 0.717) is 0 Å². The Morgan fingerprint density at radius 1 is 1.00 bits per heavy atom. The second-order valence-corrected chi connectivity index (χ2v) is 8.25. The van der Waals surface area contributed by atoms with Crippen molar-refractivity contribution in [3.63, 3.8) is 0 Å². The lowest BCUT2D eigenvalue weighted by Crippen LogP contribution is -2.50. The molecule has 0 spiro atoms. The van der Waals surface area contributed by atoms with Gasteiger partial charge in [0.05, 0.1) is 0 Å². The Morgan fingerprint density at radius 3 is 2.10 bits per heavy atom. The molecule has 4 heteroatoms. The summed E-state index contributed by atoms with van der Waals surface area (Å²) in [4.78, 5) is 26.5. The highest BCUT2D eigenvalue weighted by Gasteiger charge is 2.48. The second kappa shape index (κ2) is 5.29. The summed E-state index contributed by atoms with van der Waals surface area (Å²) < 4.78 is 0. The molecular weight excluding hydrogens is 264 g/mol. The van der Waals surface area contributed by atoms with Crippen LogP contribution in [0.3, 0.4) is 0 Å². The molecule has 0 aromatic heterocycles. The average Bonchev–Trinajstić information content (AvgIpc) is 3.04. The van der Waals surface area contributed by atoms with Crippen molar-refractivity contribution in [2.24, 2.45) is 23.2 Å². The molecule has 21 heavy (non-hydrogen) atoms. The standard InChI is InChI=1S/C17H28N2O2/c1-17(2,3)16(21)19-6-4-14(5-7-19)18-15(20)13-9-11-8-12(11)10-13/h11-14H,4-10H2,1-3H3,(H,18,20). The van der Waals surface area contributed by atoms with Crippen molar-refractivity contribution in [3.05, 3.63) is 0 Å². The first-order chi connectivity index (χ1) is 9.84. The zero-order valence-corrected chi connectivity index (χ0v) is 13.5. The molecule has 1 N–H and O–H groups in total. The summed E-state index contributed by atoms with van der Waals surface area (Å²) in [6.07, 6.45) is 5.37. The van der Waals surface area contributed by atoms with Crippen LogP contribution >= 0.6 is 0 Å². The van der Waals surface area contributed by atoms with Gasteiger partial charge < -0.3 is 10.2 Å². The van der Waals surface area contributed by atoms with Crippen LogP contribution in [0.4, 0.5) is 0 Å². The maximum atomic E-state index is 12.3. The summed E-state index contributed by atoms with van der Waals surface area (Å²) in [6, 6.07) is 0.262. The normalized spacial score (nSPS) is 32.7. The van der Waals surface area contributed by atoms with Crippen LogP contribution in [0, 0.1) is 23.2 Å². The van der Waals surface area contributed by atoms with Crippen LogP contribution in [0.2, 0.25) is 0 Å². The maximum Gasteiger partial charge on any atom is 0.227 e. The van der Waals surface area contributed by atoms with Crippen LogP contribution in [0.1, 0.15) is 52.9 Å².